The van der Waals surface area contributed by atoms with E-state index in [1.165, 1.54) is 31.7 Å². The molecule has 0 unspecified atom stereocenters. The summed E-state index contributed by atoms with van der Waals surface area (Å²) in [5, 5.41) is 12.3. The van der Waals surface area contributed by atoms with Gasteiger partial charge in [-0.3, -0.25) is 4.90 Å². The van der Waals surface area contributed by atoms with E-state index in [0.29, 0.717) is 0 Å². The highest BCUT2D eigenvalue weighted by Crippen LogP contribution is 2.27. The highest BCUT2D eigenvalue weighted by atomic mass is 15.2. The molecule has 0 aliphatic carbocycles. The van der Waals surface area contributed by atoms with Crippen molar-refractivity contribution in [3.05, 3.63) is 35.4 Å². The maximum absolute atomic E-state index is 8.88. The molecular weight excluding hydrogens is 210 g/mol. The van der Waals surface area contributed by atoms with Crippen LogP contribution in [-0.2, 0) is 6.54 Å². The number of nitrogens with zero attached hydrogens (tertiary/aromatic N) is 2. The molecule has 2 aliphatic rings. The Bertz CT molecular complexity index is 437. The molecule has 17 heavy (non-hydrogen) atoms. The van der Waals surface area contributed by atoms with Crippen LogP contribution in [0.5, 0.6) is 0 Å². The molecule has 0 bridgehead atoms. The molecule has 2 aliphatic heterocycles. The molecule has 3 heteroatoms. The summed E-state index contributed by atoms with van der Waals surface area (Å²) in [5.74, 6) is 1.68. The van der Waals surface area contributed by atoms with E-state index >= 15 is 0 Å². The third-order valence-electron chi connectivity index (χ3n) is 3.93. The van der Waals surface area contributed by atoms with Crippen molar-refractivity contribution in [3.8, 4) is 6.07 Å². The van der Waals surface area contributed by atoms with Crippen LogP contribution in [0.1, 0.15) is 11.1 Å². The second-order valence-corrected chi connectivity index (χ2v) is 5.18. The van der Waals surface area contributed by atoms with Gasteiger partial charge in [0.05, 0.1) is 11.6 Å². The van der Waals surface area contributed by atoms with Crippen LogP contribution in [0.25, 0.3) is 0 Å². The van der Waals surface area contributed by atoms with E-state index in [2.05, 4.69) is 22.4 Å². The third-order valence-corrected chi connectivity index (χ3v) is 3.93. The number of likely N-dealkylation sites (tertiary alicyclic amines) is 1. The fourth-order valence-electron chi connectivity index (χ4n) is 3.08. The van der Waals surface area contributed by atoms with Crippen molar-refractivity contribution >= 4 is 0 Å². The summed E-state index contributed by atoms with van der Waals surface area (Å²) in [7, 11) is 0. The summed E-state index contributed by atoms with van der Waals surface area (Å²) in [5.41, 5.74) is 2.03. The first-order chi connectivity index (χ1) is 8.35. The van der Waals surface area contributed by atoms with Crippen molar-refractivity contribution in [2.45, 2.75) is 6.54 Å². The van der Waals surface area contributed by atoms with E-state index in [0.717, 1.165) is 23.9 Å². The van der Waals surface area contributed by atoms with E-state index in [-0.39, 0.29) is 0 Å². The predicted octanol–water partition coefficient (Wildman–Crippen LogP) is 1.21. The first kappa shape index (κ1) is 10.8. The smallest absolute Gasteiger partial charge is 0.0991 e. The zero-order valence-electron chi connectivity index (χ0n) is 9.89. The van der Waals surface area contributed by atoms with Crippen LogP contribution in [0, 0.1) is 23.2 Å². The van der Waals surface area contributed by atoms with Crippen LogP contribution >= 0.6 is 0 Å². The van der Waals surface area contributed by atoms with Crippen LogP contribution in [0.2, 0.25) is 0 Å². The molecule has 0 saturated carbocycles. The van der Waals surface area contributed by atoms with E-state index in [4.69, 9.17) is 5.26 Å². The first-order valence-corrected chi connectivity index (χ1v) is 6.27. The predicted molar refractivity (Wildman–Crippen MR) is 66.3 cm³/mol. The average molecular weight is 227 g/mol. The molecule has 1 aromatic carbocycles. The number of hydrogen-bond acceptors (Lipinski definition) is 3. The lowest BCUT2D eigenvalue weighted by molar-refractivity contribution is 0.305. The summed E-state index contributed by atoms with van der Waals surface area (Å²) in [6.45, 7) is 5.75. The molecule has 2 fully saturated rings. The number of rotatable bonds is 2. The summed E-state index contributed by atoms with van der Waals surface area (Å²) >= 11 is 0. The molecule has 0 radical (unpaired) electrons. The van der Waals surface area contributed by atoms with E-state index in [1.54, 1.807) is 0 Å². The van der Waals surface area contributed by atoms with Crippen molar-refractivity contribution in [2.75, 3.05) is 26.2 Å². The van der Waals surface area contributed by atoms with Gasteiger partial charge in [-0.05, 0) is 42.6 Å². The van der Waals surface area contributed by atoms with Crippen molar-refractivity contribution in [3.63, 3.8) is 0 Å². The van der Waals surface area contributed by atoms with Gasteiger partial charge in [0.15, 0.2) is 0 Å². The van der Waals surface area contributed by atoms with Crippen LogP contribution in [0.15, 0.2) is 24.3 Å². The Morgan fingerprint density at radius 2 is 2.06 bits per heavy atom. The van der Waals surface area contributed by atoms with Crippen LogP contribution in [0.3, 0.4) is 0 Å². The maximum Gasteiger partial charge on any atom is 0.0991 e. The lowest BCUT2D eigenvalue weighted by Crippen LogP contribution is -2.25. The zero-order valence-corrected chi connectivity index (χ0v) is 9.89. The van der Waals surface area contributed by atoms with Gasteiger partial charge in [0, 0.05) is 19.6 Å². The van der Waals surface area contributed by atoms with Crippen molar-refractivity contribution in [2.24, 2.45) is 11.8 Å². The SMILES string of the molecule is N#Cc1cccc(CN2C[C@H]3CNC[C@H]3C2)c1. The Hall–Kier alpha value is -1.37. The number of nitrogens with one attached hydrogen (secondary N) is 1. The summed E-state index contributed by atoms with van der Waals surface area (Å²) in [6.07, 6.45) is 0. The van der Waals surface area contributed by atoms with Gasteiger partial charge in [0.25, 0.3) is 0 Å². The van der Waals surface area contributed by atoms with E-state index in [1.807, 2.05) is 18.2 Å². The molecule has 0 aromatic heterocycles. The molecule has 2 heterocycles. The summed E-state index contributed by atoms with van der Waals surface area (Å²) < 4.78 is 0. The van der Waals surface area contributed by atoms with Gasteiger partial charge in [-0.1, -0.05) is 12.1 Å². The average Bonchev–Trinajstić information content (AvgIpc) is 2.90. The first-order valence-electron chi connectivity index (χ1n) is 6.27. The standard InChI is InChI=1S/C14H17N3/c15-5-11-2-1-3-12(4-11)8-17-9-13-6-16-7-14(13)10-17/h1-4,13-14,16H,6-10H2/t13-,14+. The van der Waals surface area contributed by atoms with Crippen molar-refractivity contribution in [1.29, 1.82) is 5.26 Å². The zero-order chi connectivity index (χ0) is 11.7. The third kappa shape index (κ3) is 2.19. The maximum atomic E-state index is 8.88. The quantitative estimate of drug-likeness (QED) is 0.825. The van der Waals surface area contributed by atoms with Gasteiger partial charge in [0.1, 0.15) is 0 Å². The fraction of sp³-hybridized carbons (Fsp3) is 0.500. The minimum Gasteiger partial charge on any atom is -0.316 e. The molecule has 2 saturated heterocycles. The minimum atomic E-state index is 0.767. The van der Waals surface area contributed by atoms with Gasteiger partial charge < -0.3 is 5.32 Å². The summed E-state index contributed by atoms with van der Waals surface area (Å²) in [6, 6.07) is 10.2. The highest BCUT2D eigenvalue weighted by molar-refractivity contribution is 5.32. The normalized spacial score (nSPS) is 27.9. The topological polar surface area (TPSA) is 39.1 Å². The van der Waals surface area contributed by atoms with Crippen LogP contribution in [-0.4, -0.2) is 31.1 Å². The van der Waals surface area contributed by atoms with Crippen LogP contribution in [0.4, 0.5) is 0 Å². The van der Waals surface area contributed by atoms with Gasteiger partial charge in [-0.15, -0.1) is 0 Å². The molecule has 1 N–H and O–H groups in total. The lowest BCUT2D eigenvalue weighted by atomic mass is 10.0. The Morgan fingerprint density at radius 3 is 2.76 bits per heavy atom. The highest BCUT2D eigenvalue weighted by Gasteiger charge is 2.35. The summed E-state index contributed by atoms with van der Waals surface area (Å²) in [4.78, 5) is 2.52. The fourth-order valence-corrected chi connectivity index (χ4v) is 3.08. The van der Waals surface area contributed by atoms with Crippen molar-refractivity contribution in [1.82, 2.24) is 10.2 Å². The molecule has 0 amide bonds. The lowest BCUT2D eigenvalue weighted by Gasteiger charge is -2.16. The van der Waals surface area contributed by atoms with Crippen molar-refractivity contribution < 1.29 is 0 Å². The Balaban J connectivity index is 1.66. The molecular formula is C14H17N3. The second-order valence-electron chi connectivity index (χ2n) is 5.18. The second kappa shape index (κ2) is 4.48. The van der Waals surface area contributed by atoms with Gasteiger partial charge >= 0.3 is 0 Å². The van der Waals surface area contributed by atoms with E-state index in [9.17, 15) is 0 Å². The molecule has 3 rings (SSSR count). The van der Waals surface area contributed by atoms with Gasteiger partial charge in [-0.25, -0.2) is 0 Å². The van der Waals surface area contributed by atoms with E-state index < -0.39 is 0 Å². The Labute approximate surface area is 102 Å². The van der Waals surface area contributed by atoms with Gasteiger partial charge in [-0.2, -0.15) is 5.26 Å². The molecule has 2 atom stereocenters. The molecule has 0 spiro atoms. The molecule has 1 aromatic rings. The molecule has 88 valence electrons. The Kier molecular flexibility index (Phi) is 2.84. The number of nitriles is 1. The van der Waals surface area contributed by atoms with Crippen LogP contribution < -0.4 is 5.32 Å². The molecule has 3 nitrogen and oxygen atoms in total. The monoisotopic (exact) mass is 227 g/mol. The number of benzene rings is 1. The minimum absolute atomic E-state index is 0.767. The largest absolute Gasteiger partial charge is 0.316 e. The van der Waals surface area contributed by atoms with Gasteiger partial charge in [0.2, 0.25) is 0 Å². The Morgan fingerprint density at radius 1 is 1.29 bits per heavy atom. The number of hydrogen-bond donors (Lipinski definition) is 1. The number of fused-ring (bicyclic) bond motifs is 1.